The molecule has 1 fully saturated rings. The molecule has 0 radical (unpaired) electrons. The molecule has 1 unspecified atom stereocenters. The molecule has 1 atom stereocenters. The van der Waals surface area contributed by atoms with Crippen molar-refractivity contribution in [2.75, 3.05) is 6.54 Å². The molecule has 4 heteroatoms. The van der Waals surface area contributed by atoms with Gasteiger partial charge in [-0.25, -0.2) is 4.79 Å². The lowest BCUT2D eigenvalue weighted by Gasteiger charge is -2.18. The summed E-state index contributed by atoms with van der Waals surface area (Å²) in [4.78, 5) is 13.1. The summed E-state index contributed by atoms with van der Waals surface area (Å²) in [5, 5.41) is 2.74. The zero-order valence-corrected chi connectivity index (χ0v) is 8.58. The largest absolute Gasteiger partial charge is 0.335 e. The Morgan fingerprint density at radius 1 is 1.43 bits per heavy atom. The van der Waals surface area contributed by atoms with Crippen LogP contribution in [0.1, 0.15) is 5.56 Å². The third kappa shape index (κ3) is 1.85. The van der Waals surface area contributed by atoms with Crippen molar-refractivity contribution in [1.82, 2.24) is 10.2 Å². The number of nitrogens with one attached hydrogen (secondary N) is 1. The van der Waals surface area contributed by atoms with Crippen molar-refractivity contribution in [1.29, 1.82) is 0 Å². The highest BCUT2D eigenvalue weighted by atomic mass is 32.1. The minimum Gasteiger partial charge on any atom is -0.335 e. The third-order valence-corrected chi connectivity index (χ3v) is 2.71. The van der Waals surface area contributed by atoms with Crippen LogP contribution in [0.15, 0.2) is 30.3 Å². The van der Waals surface area contributed by atoms with Gasteiger partial charge in [0, 0.05) is 13.1 Å². The fourth-order valence-corrected chi connectivity index (χ4v) is 1.76. The van der Waals surface area contributed by atoms with E-state index in [9.17, 15) is 4.79 Å². The van der Waals surface area contributed by atoms with E-state index >= 15 is 0 Å². The Hall–Kier alpha value is -1.16. The number of nitrogens with zero attached hydrogens (tertiary/aromatic N) is 1. The van der Waals surface area contributed by atoms with Crippen LogP contribution in [-0.2, 0) is 6.54 Å². The number of carbonyl (C=O) groups excluding carboxylic acids is 1. The second kappa shape index (κ2) is 3.92. The zero-order chi connectivity index (χ0) is 9.97. The molecule has 1 aromatic carbocycles. The average Bonchev–Trinajstić information content (AvgIpc) is 2.51. The van der Waals surface area contributed by atoms with Crippen LogP contribution in [0.5, 0.6) is 0 Å². The second-order valence-electron chi connectivity index (χ2n) is 3.28. The molecule has 1 aliphatic rings. The van der Waals surface area contributed by atoms with Gasteiger partial charge < -0.3 is 10.2 Å². The van der Waals surface area contributed by atoms with Crippen molar-refractivity contribution in [3.63, 3.8) is 0 Å². The van der Waals surface area contributed by atoms with Crippen LogP contribution in [0, 0.1) is 0 Å². The Balaban J connectivity index is 2.07. The topological polar surface area (TPSA) is 32.3 Å². The maximum atomic E-state index is 11.4. The van der Waals surface area contributed by atoms with E-state index in [2.05, 4.69) is 17.9 Å². The first-order valence-electron chi connectivity index (χ1n) is 4.54. The number of urea groups is 1. The number of amides is 2. The maximum Gasteiger partial charge on any atom is 0.318 e. The molecule has 1 saturated heterocycles. The molecular weight excluding hydrogens is 196 g/mol. The van der Waals surface area contributed by atoms with Gasteiger partial charge in [0.05, 0.1) is 5.37 Å². The fourth-order valence-electron chi connectivity index (χ4n) is 1.48. The average molecular weight is 208 g/mol. The summed E-state index contributed by atoms with van der Waals surface area (Å²) in [5.74, 6) is 0. The number of carbonyl (C=O) groups is 1. The van der Waals surface area contributed by atoms with Gasteiger partial charge >= 0.3 is 6.03 Å². The number of hydrogen-bond acceptors (Lipinski definition) is 2. The highest BCUT2D eigenvalue weighted by Crippen LogP contribution is 2.14. The van der Waals surface area contributed by atoms with Crippen LogP contribution in [0.4, 0.5) is 4.79 Å². The summed E-state index contributed by atoms with van der Waals surface area (Å²) in [7, 11) is 0. The Bertz CT molecular complexity index is 328. The van der Waals surface area contributed by atoms with Crippen molar-refractivity contribution in [3.05, 3.63) is 35.9 Å². The van der Waals surface area contributed by atoms with Gasteiger partial charge in [0.25, 0.3) is 0 Å². The van der Waals surface area contributed by atoms with E-state index in [1.807, 2.05) is 30.3 Å². The quantitative estimate of drug-likeness (QED) is 0.709. The molecule has 3 nitrogen and oxygen atoms in total. The predicted octanol–water partition coefficient (Wildman–Crippen LogP) is 1.47. The minimum absolute atomic E-state index is 0.0114. The first-order valence-corrected chi connectivity index (χ1v) is 5.05. The lowest BCUT2D eigenvalue weighted by Crippen LogP contribution is -2.30. The summed E-state index contributed by atoms with van der Waals surface area (Å²) in [6.45, 7) is 1.25. The Kier molecular flexibility index (Phi) is 2.63. The van der Waals surface area contributed by atoms with Crippen LogP contribution in [0.3, 0.4) is 0 Å². The van der Waals surface area contributed by atoms with E-state index in [0.717, 1.165) is 5.56 Å². The number of rotatable bonds is 2. The van der Waals surface area contributed by atoms with Crippen molar-refractivity contribution in [2.45, 2.75) is 11.9 Å². The van der Waals surface area contributed by atoms with Crippen molar-refractivity contribution in [3.8, 4) is 0 Å². The van der Waals surface area contributed by atoms with Crippen molar-refractivity contribution >= 4 is 18.7 Å². The molecule has 1 aliphatic heterocycles. The molecule has 0 aromatic heterocycles. The standard InChI is InChI=1S/C10H12N2OS/c13-10-11-6-9(14)12(10)7-8-4-2-1-3-5-8/h1-5,9,14H,6-7H2,(H,11,13). The molecule has 1 aromatic rings. The lowest BCUT2D eigenvalue weighted by molar-refractivity contribution is 0.212. The first kappa shape index (κ1) is 9.40. The van der Waals surface area contributed by atoms with E-state index in [4.69, 9.17) is 0 Å². The maximum absolute atomic E-state index is 11.4. The molecular formula is C10H12N2OS. The van der Waals surface area contributed by atoms with E-state index in [1.54, 1.807) is 4.90 Å². The highest BCUT2D eigenvalue weighted by Gasteiger charge is 2.27. The van der Waals surface area contributed by atoms with Gasteiger partial charge in [-0.15, -0.1) is 0 Å². The summed E-state index contributed by atoms with van der Waals surface area (Å²) >= 11 is 4.32. The summed E-state index contributed by atoms with van der Waals surface area (Å²) < 4.78 is 0. The fraction of sp³-hybridized carbons (Fsp3) is 0.300. The molecule has 14 heavy (non-hydrogen) atoms. The van der Waals surface area contributed by atoms with Gasteiger partial charge in [0.1, 0.15) is 0 Å². The van der Waals surface area contributed by atoms with Gasteiger partial charge in [-0.1, -0.05) is 30.3 Å². The van der Waals surface area contributed by atoms with Gasteiger partial charge in [-0.05, 0) is 5.56 Å². The van der Waals surface area contributed by atoms with Crippen LogP contribution in [0.25, 0.3) is 0 Å². The lowest BCUT2D eigenvalue weighted by atomic mass is 10.2. The van der Waals surface area contributed by atoms with Crippen molar-refractivity contribution < 1.29 is 4.79 Å². The van der Waals surface area contributed by atoms with Gasteiger partial charge in [-0.2, -0.15) is 12.6 Å². The molecule has 0 aliphatic carbocycles. The molecule has 74 valence electrons. The summed E-state index contributed by atoms with van der Waals surface area (Å²) in [6, 6.07) is 9.88. The van der Waals surface area contributed by atoms with E-state index in [1.165, 1.54) is 0 Å². The molecule has 0 saturated carbocycles. The van der Waals surface area contributed by atoms with Gasteiger partial charge in [-0.3, -0.25) is 0 Å². The SMILES string of the molecule is O=C1NCC(S)N1Cc1ccccc1. The number of benzene rings is 1. The van der Waals surface area contributed by atoms with Gasteiger partial charge in [0.15, 0.2) is 0 Å². The van der Waals surface area contributed by atoms with E-state index in [-0.39, 0.29) is 11.4 Å². The Morgan fingerprint density at radius 2 is 2.14 bits per heavy atom. The second-order valence-corrected chi connectivity index (χ2v) is 3.88. The molecule has 0 spiro atoms. The van der Waals surface area contributed by atoms with Crippen LogP contribution in [-0.4, -0.2) is 22.8 Å². The highest BCUT2D eigenvalue weighted by molar-refractivity contribution is 7.81. The normalized spacial score (nSPS) is 21.1. The number of hydrogen-bond donors (Lipinski definition) is 2. The zero-order valence-electron chi connectivity index (χ0n) is 7.68. The third-order valence-electron chi connectivity index (χ3n) is 2.25. The van der Waals surface area contributed by atoms with E-state index < -0.39 is 0 Å². The van der Waals surface area contributed by atoms with E-state index in [0.29, 0.717) is 13.1 Å². The minimum atomic E-state index is -0.0335. The summed E-state index contributed by atoms with van der Waals surface area (Å²) in [6.07, 6.45) is 0. The number of thiol groups is 1. The predicted molar refractivity (Wildman–Crippen MR) is 58.2 cm³/mol. The molecule has 1 N–H and O–H groups in total. The van der Waals surface area contributed by atoms with Crippen LogP contribution < -0.4 is 5.32 Å². The Labute approximate surface area is 88.5 Å². The van der Waals surface area contributed by atoms with Crippen molar-refractivity contribution in [2.24, 2.45) is 0 Å². The molecule has 2 rings (SSSR count). The van der Waals surface area contributed by atoms with Crippen LogP contribution in [0.2, 0.25) is 0 Å². The molecule has 2 amide bonds. The first-order chi connectivity index (χ1) is 6.77. The Morgan fingerprint density at radius 3 is 2.71 bits per heavy atom. The smallest absolute Gasteiger partial charge is 0.318 e. The summed E-state index contributed by atoms with van der Waals surface area (Å²) in [5.41, 5.74) is 1.13. The molecule has 0 bridgehead atoms. The molecule has 1 heterocycles. The monoisotopic (exact) mass is 208 g/mol. The van der Waals surface area contributed by atoms with Gasteiger partial charge in [0.2, 0.25) is 0 Å². The van der Waals surface area contributed by atoms with Crippen LogP contribution >= 0.6 is 12.6 Å².